The fourth-order valence-electron chi connectivity index (χ4n) is 2.65. The predicted octanol–water partition coefficient (Wildman–Crippen LogP) is 4.12. The van der Waals surface area contributed by atoms with Gasteiger partial charge in [-0.3, -0.25) is 4.79 Å². The Kier molecular flexibility index (Phi) is 4.08. The second-order valence-corrected chi connectivity index (χ2v) is 5.66. The summed E-state index contributed by atoms with van der Waals surface area (Å²) >= 11 is 5.95. The van der Waals surface area contributed by atoms with Gasteiger partial charge >= 0.3 is 0 Å². The molecule has 1 aliphatic carbocycles. The number of carbonyl (C=O) groups excluding carboxylic acids is 1. The Morgan fingerprint density at radius 1 is 1.39 bits per heavy atom. The molecule has 2 rings (SSSR count). The molecular weight excluding hydrogens is 248 g/mol. The van der Waals surface area contributed by atoms with Gasteiger partial charge in [-0.25, -0.2) is 0 Å². The molecule has 0 unspecified atom stereocenters. The van der Waals surface area contributed by atoms with Gasteiger partial charge in [0.15, 0.2) is 5.78 Å². The molecule has 2 nitrogen and oxygen atoms in total. The Balaban J connectivity index is 2.25. The van der Waals surface area contributed by atoms with Gasteiger partial charge in [0.1, 0.15) is 5.60 Å². The van der Waals surface area contributed by atoms with Gasteiger partial charge in [0, 0.05) is 17.7 Å². The van der Waals surface area contributed by atoms with Crippen molar-refractivity contribution in [2.24, 2.45) is 5.92 Å². The number of hydrogen-bond acceptors (Lipinski definition) is 2. The van der Waals surface area contributed by atoms with Crippen LogP contribution in [0, 0.1) is 5.92 Å². The lowest BCUT2D eigenvalue weighted by Crippen LogP contribution is -2.43. The third-order valence-corrected chi connectivity index (χ3v) is 4.21. The fourth-order valence-corrected chi connectivity index (χ4v) is 2.84. The average molecular weight is 267 g/mol. The molecule has 1 aromatic rings. The monoisotopic (exact) mass is 266 g/mol. The maximum atomic E-state index is 12.6. The summed E-state index contributed by atoms with van der Waals surface area (Å²) in [5, 5.41) is 0.594. The van der Waals surface area contributed by atoms with Crippen LogP contribution in [0.25, 0.3) is 0 Å². The number of hydrogen-bond donors (Lipinski definition) is 0. The molecule has 0 bridgehead atoms. The van der Waals surface area contributed by atoms with Crippen LogP contribution in [0.1, 0.15) is 43.0 Å². The van der Waals surface area contributed by atoms with E-state index in [0.717, 1.165) is 25.7 Å². The third-order valence-electron chi connectivity index (χ3n) is 3.97. The quantitative estimate of drug-likeness (QED) is 0.770. The normalized spacial score (nSPS) is 28.1. The zero-order valence-corrected chi connectivity index (χ0v) is 11.7. The molecule has 1 fully saturated rings. The Bertz CT molecular complexity index is 434. The van der Waals surface area contributed by atoms with Crippen LogP contribution in [0.2, 0.25) is 5.02 Å². The molecule has 0 spiro atoms. The standard InChI is InChI=1S/C15H19ClO2/c1-11-6-8-15(18-2,9-7-11)14(17)12-4-3-5-13(16)10-12/h3-5,10-11H,6-9H2,1-2H3. The van der Waals surface area contributed by atoms with Gasteiger partial charge in [0.25, 0.3) is 0 Å². The summed E-state index contributed by atoms with van der Waals surface area (Å²) in [6, 6.07) is 7.13. The zero-order chi connectivity index (χ0) is 13.2. The van der Waals surface area contributed by atoms with E-state index in [9.17, 15) is 4.79 Å². The van der Waals surface area contributed by atoms with Gasteiger partial charge in [-0.05, 0) is 43.7 Å². The van der Waals surface area contributed by atoms with Crippen LogP contribution in [0.5, 0.6) is 0 Å². The molecular formula is C15H19ClO2. The molecule has 0 saturated heterocycles. The van der Waals surface area contributed by atoms with E-state index in [1.807, 2.05) is 12.1 Å². The number of Topliss-reactive ketones (excluding diaryl/α,β-unsaturated/α-hetero) is 1. The third kappa shape index (κ3) is 2.60. The Morgan fingerprint density at radius 3 is 2.61 bits per heavy atom. The molecule has 1 aromatic carbocycles. The van der Waals surface area contributed by atoms with Crippen molar-refractivity contribution in [2.75, 3.05) is 7.11 Å². The summed E-state index contributed by atoms with van der Waals surface area (Å²) in [5.74, 6) is 0.750. The lowest BCUT2D eigenvalue weighted by Gasteiger charge is -2.37. The van der Waals surface area contributed by atoms with Crippen LogP contribution in [-0.2, 0) is 4.74 Å². The van der Waals surface area contributed by atoms with E-state index >= 15 is 0 Å². The first-order valence-corrected chi connectivity index (χ1v) is 6.81. The molecule has 0 aromatic heterocycles. The Labute approximate surface area is 113 Å². The van der Waals surface area contributed by atoms with E-state index in [-0.39, 0.29) is 5.78 Å². The fraction of sp³-hybridized carbons (Fsp3) is 0.533. The van der Waals surface area contributed by atoms with E-state index in [1.54, 1.807) is 19.2 Å². The van der Waals surface area contributed by atoms with E-state index in [1.165, 1.54) is 0 Å². The molecule has 0 atom stereocenters. The van der Waals surface area contributed by atoms with Crippen LogP contribution in [-0.4, -0.2) is 18.5 Å². The summed E-state index contributed by atoms with van der Waals surface area (Å²) in [5.41, 5.74) is 0.0101. The number of ketones is 1. The highest BCUT2D eigenvalue weighted by atomic mass is 35.5. The van der Waals surface area contributed by atoms with Crippen molar-refractivity contribution in [2.45, 2.75) is 38.2 Å². The van der Waals surface area contributed by atoms with Crippen LogP contribution >= 0.6 is 11.6 Å². The molecule has 3 heteroatoms. The van der Waals surface area contributed by atoms with Crippen molar-refractivity contribution < 1.29 is 9.53 Å². The molecule has 0 N–H and O–H groups in total. The van der Waals surface area contributed by atoms with Crippen LogP contribution in [0.15, 0.2) is 24.3 Å². The van der Waals surface area contributed by atoms with Crippen molar-refractivity contribution >= 4 is 17.4 Å². The van der Waals surface area contributed by atoms with Gasteiger partial charge in [-0.1, -0.05) is 30.7 Å². The number of rotatable bonds is 3. The second-order valence-electron chi connectivity index (χ2n) is 5.22. The first kappa shape index (κ1) is 13.6. The molecule has 98 valence electrons. The minimum atomic E-state index is -0.642. The van der Waals surface area contributed by atoms with Gasteiger partial charge < -0.3 is 4.74 Å². The number of methoxy groups -OCH3 is 1. The molecule has 18 heavy (non-hydrogen) atoms. The van der Waals surface area contributed by atoms with E-state index in [4.69, 9.17) is 16.3 Å². The lowest BCUT2D eigenvalue weighted by atomic mass is 9.75. The first-order valence-electron chi connectivity index (χ1n) is 6.43. The topological polar surface area (TPSA) is 26.3 Å². The Morgan fingerprint density at radius 2 is 2.06 bits per heavy atom. The van der Waals surface area contributed by atoms with Crippen molar-refractivity contribution in [3.63, 3.8) is 0 Å². The maximum Gasteiger partial charge on any atom is 0.194 e. The van der Waals surface area contributed by atoms with Crippen molar-refractivity contribution in [1.82, 2.24) is 0 Å². The largest absolute Gasteiger partial charge is 0.370 e. The molecule has 0 amide bonds. The predicted molar refractivity (Wildman–Crippen MR) is 73.2 cm³/mol. The molecule has 0 radical (unpaired) electrons. The number of halogens is 1. The summed E-state index contributed by atoms with van der Waals surface area (Å²) in [6.45, 7) is 2.23. The summed E-state index contributed by atoms with van der Waals surface area (Å²) in [6.07, 6.45) is 3.69. The second kappa shape index (κ2) is 5.41. The first-order chi connectivity index (χ1) is 8.57. The Hall–Kier alpha value is -0.860. The highest BCUT2D eigenvalue weighted by molar-refractivity contribution is 6.31. The average Bonchev–Trinajstić information content (AvgIpc) is 2.39. The minimum Gasteiger partial charge on any atom is -0.370 e. The highest BCUT2D eigenvalue weighted by Crippen LogP contribution is 2.37. The summed E-state index contributed by atoms with van der Waals surface area (Å²) < 4.78 is 5.59. The van der Waals surface area contributed by atoms with E-state index in [2.05, 4.69) is 6.92 Å². The van der Waals surface area contributed by atoms with Crippen LogP contribution in [0.3, 0.4) is 0 Å². The van der Waals surface area contributed by atoms with Gasteiger partial charge in [-0.15, -0.1) is 0 Å². The lowest BCUT2D eigenvalue weighted by molar-refractivity contribution is -0.0263. The minimum absolute atomic E-state index is 0.0689. The molecule has 0 aliphatic heterocycles. The highest BCUT2D eigenvalue weighted by Gasteiger charge is 2.41. The summed E-state index contributed by atoms with van der Waals surface area (Å²) in [7, 11) is 1.64. The molecule has 1 aliphatic rings. The summed E-state index contributed by atoms with van der Waals surface area (Å²) in [4.78, 5) is 12.6. The smallest absolute Gasteiger partial charge is 0.194 e. The van der Waals surface area contributed by atoms with Gasteiger partial charge in [0.05, 0.1) is 0 Å². The van der Waals surface area contributed by atoms with Crippen molar-refractivity contribution in [1.29, 1.82) is 0 Å². The number of carbonyl (C=O) groups is 1. The zero-order valence-electron chi connectivity index (χ0n) is 10.9. The van der Waals surface area contributed by atoms with E-state index < -0.39 is 5.60 Å². The van der Waals surface area contributed by atoms with Gasteiger partial charge in [-0.2, -0.15) is 0 Å². The van der Waals surface area contributed by atoms with Gasteiger partial charge in [0.2, 0.25) is 0 Å². The number of benzene rings is 1. The molecule has 1 saturated carbocycles. The number of ether oxygens (including phenoxy) is 1. The van der Waals surface area contributed by atoms with Crippen LogP contribution < -0.4 is 0 Å². The SMILES string of the molecule is COC1(C(=O)c2cccc(Cl)c2)CCC(C)CC1. The van der Waals surface area contributed by atoms with Crippen molar-refractivity contribution in [3.05, 3.63) is 34.9 Å². The maximum absolute atomic E-state index is 12.6. The van der Waals surface area contributed by atoms with E-state index in [0.29, 0.717) is 16.5 Å². The van der Waals surface area contributed by atoms with Crippen molar-refractivity contribution in [3.8, 4) is 0 Å². The molecule has 0 heterocycles. The van der Waals surface area contributed by atoms with Crippen LogP contribution in [0.4, 0.5) is 0 Å².